The van der Waals surface area contributed by atoms with E-state index in [1.807, 2.05) is 19.1 Å². The third-order valence-corrected chi connectivity index (χ3v) is 3.65. The molecule has 0 radical (unpaired) electrons. The second-order valence-corrected chi connectivity index (χ2v) is 5.22. The van der Waals surface area contributed by atoms with E-state index in [0.717, 1.165) is 26.3 Å². The molecule has 0 saturated heterocycles. The summed E-state index contributed by atoms with van der Waals surface area (Å²) < 4.78 is 5.00. The quantitative estimate of drug-likeness (QED) is 0.719. The molecule has 0 atom stereocenters. The van der Waals surface area contributed by atoms with Crippen molar-refractivity contribution in [1.82, 2.24) is 9.97 Å². The lowest BCUT2D eigenvalue weighted by atomic mass is 10.1. The molecule has 18 heavy (non-hydrogen) atoms. The van der Waals surface area contributed by atoms with Crippen LogP contribution in [0.1, 0.15) is 22.3 Å². The molecule has 2 heterocycles. The van der Waals surface area contributed by atoms with E-state index in [4.69, 9.17) is 4.74 Å². The predicted octanol–water partition coefficient (Wildman–Crippen LogP) is 3.26. The Morgan fingerprint density at radius 3 is 3.11 bits per heavy atom. The molecule has 2 aromatic heterocycles. The van der Waals surface area contributed by atoms with Crippen LogP contribution in [0.25, 0.3) is 21.3 Å². The van der Waals surface area contributed by atoms with Gasteiger partial charge < -0.3 is 9.72 Å². The Morgan fingerprint density at radius 2 is 2.33 bits per heavy atom. The number of rotatable bonds is 2. The maximum atomic E-state index is 11.7. The fourth-order valence-electron chi connectivity index (χ4n) is 2.01. The summed E-state index contributed by atoms with van der Waals surface area (Å²) in [5.41, 5.74) is 2.49. The lowest BCUT2D eigenvalue weighted by molar-refractivity contribution is 0.0526. The second-order valence-electron chi connectivity index (χ2n) is 4.02. The number of aromatic nitrogens is 2. The van der Waals surface area contributed by atoms with Gasteiger partial charge in [-0.05, 0) is 32.0 Å². The van der Waals surface area contributed by atoms with Crippen LogP contribution in [0.3, 0.4) is 0 Å². The normalized spacial score (nSPS) is 11.2. The van der Waals surface area contributed by atoms with Crippen molar-refractivity contribution in [2.24, 2.45) is 0 Å². The van der Waals surface area contributed by atoms with Gasteiger partial charge in [0, 0.05) is 10.9 Å². The third kappa shape index (κ3) is 1.67. The first-order valence-corrected chi connectivity index (χ1v) is 6.56. The first-order valence-electron chi connectivity index (χ1n) is 5.75. The Hall–Kier alpha value is -1.88. The van der Waals surface area contributed by atoms with Gasteiger partial charge in [-0.15, -0.1) is 11.3 Å². The van der Waals surface area contributed by atoms with Gasteiger partial charge >= 0.3 is 5.97 Å². The molecule has 0 spiro atoms. The highest BCUT2D eigenvalue weighted by Crippen LogP contribution is 2.29. The largest absolute Gasteiger partial charge is 0.462 e. The Morgan fingerprint density at radius 1 is 1.50 bits per heavy atom. The maximum Gasteiger partial charge on any atom is 0.338 e. The molecule has 0 fully saturated rings. The lowest BCUT2D eigenvalue weighted by Gasteiger charge is -2.01. The highest BCUT2D eigenvalue weighted by atomic mass is 32.1. The van der Waals surface area contributed by atoms with Crippen LogP contribution < -0.4 is 0 Å². The van der Waals surface area contributed by atoms with Crippen molar-refractivity contribution in [3.8, 4) is 0 Å². The average molecular weight is 260 g/mol. The van der Waals surface area contributed by atoms with Crippen LogP contribution in [0.5, 0.6) is 0 Å². The fourth-order valence-corrected chi connectivity index (χ4v) is 2.85. The van der Waals surface area contributed by atoms with E-state index in [1.165, 1.54) is 0 Å². The van der Waals surface area contributed by atoms with Gasteiger partial charge in [-0.25, -0.2) is 9.78 Å². The number of aryl methyl sites for hydroxylation is 1. The fraction of sp³-hybridized carbons (Fsp3) is 0.231. The van der Waals surface area contributed by atoms with Gasteiger partial charge in [0.1, 0.15) is 10.3 Å². The molecule has 0 amide bonds. The van der Waals surface area contributed by atoms with E-state index in [0.29, 0.717) is 12.2 Å². The Kier molecular flexibility index (Phi) is 2.56. The standard InChI is InChI=1S/C13H12N2O2S/c1-3-17-13(16)8-4-5-10-9(6-8)11-12(15-10)18-7(2)14-11/h4-6,15H,3H2,1-2H3. The monoisotopic (exact) mass is 260 g/mol. The van der Waals surface area contributed by atoms with Gasteiger partial charge in [0.2, 0.25) is 0 Å². The van der Waals surface area contributed by atoms with Crippen molar-refractivity contribution in [2.45, 2.75) is 13.8 Å². The highest BCUT2D eigenvalue weighted by Gasteiger charge is 2.12. The molecule has 3 aromatic rings. The van der Waals surface area contributed by atoms with E-state index in [9.17, 15) is 4.79 Å². The Labute approximate surface area is 108 Å². The van der Waals surface area contributed by atoms with E-state index < -0.39 is 0 Å². The molecular weight excluding hydrogens is 248 g/mol. The van der Waals surface area contributed by atoms with Gasteiger partial charge in [-0.3, -0.25) is 0 Å². The van der Waals surface area contributed by atoms with Crippen LogP contribution in [-0.2, 0) is 4.74 Å². The smallest absolute Gasteiger partial charge is 0.338 e. The summed E-state index contributed by atoms with van der Waals surface area (Å²) in [6, 6.07) is 5.50. The van der Waals surface area contributed by atoms with E-state index in [2.05, 4.69) is 9.97 Å². The van der Waals surface area contributed by atoms with Crippen LogP contribution in [0.15, 0.2) is 18.2 Å². The summed E-state index contributed by atoms with van der Waals surface area (Å²) in [6.45, 7) is 4.16. The molecule has 0 aliphatic rings. The number of carbonyl (C=O) groups is 1. The van der Waals surface area contributed by atoms with Gasteiger partial charge in [-0.1, -0.05) is 0 Å². The minimum atomic E-state index is -0.291. The minimum Gasteiger partial charge on any atom is -0.462 e. The molecule has 4 nitrogen and oxygen atoms in total. The molecule has 1 N–H and O–H groups in total. The molecule has 5 heteroatoms. The molecule has 0 aliphatic carbocycles. The molecule has 0 unspecified atom stereocenters. The Balaban J connectivity index is 2.19. The Bertz CT molecular complexity index is 742. The zero-order valence-corrected chi connectivity index (χ0v) is 10.9. The molecule has 0 saturated carbocycles. The van der Waals surface area contributed by atoms with Crippen LogP contribution >= 0.6 is 11.3 Å². The van der Waals surface area contributed by atoms with E-state index >= 15 is 0 Å². The van der Waals surface area contributed by atoms with Crippen LogP contribution in [0.4, 0.5) is 0 Å². The number of nitrogens with one attached hydrogen (secondary N) is 1. The lowest BCUT2D eigenvalue weighted by Crippen LogP contribution is -2.03. The number of aromatic amines is 1. The SMILES string of the molecule is CCOC(=O)c1ccc2[nH]c3sc(C)nc3c2c1. The molecular formula is C13H12N2O2S. The van der Waals surface area contributed by atoms with Crippen molar-refractivity contribution in [3.05, 3.63) is 28.8 Å². The number of thiazole rings is 1. The molecule has 0 aliphatic heterocycles. The van der Waals surface area contributed by atoms with E-state index in [1.54, 1.807) is 24.3 Å². The molecule has 92 valence electrons. The zero-order chi connectivity index (χ0) is 12.7. The number of ether oxygens (including phenoxy) is 1. The second kappa shape index (κ2) is 4.10. The third-order valence-electron chi connectivity index (χ3n) is 2.77. The van der Waals surface area contributed by atoms with Crippen molar-refractivity contribution >= 4 is 38.6 Å². The number of hydrogen-bond donors (Lipinski definition) is 1. The topological polar surface area (TPSA) is 55.0 Å². The van der Waals surface area contributed by atoms with Crippen molar-refractivity contribution in [2.75, 3.05) is 6.61 Å². The van der Waals surface area contributed by atoms with Gasteiger partial charge in [0.25, 0.3) is 0 Å². The van der Waals surface area contributed by atoms with Crippen molar-refractivity contribution < 1.29 is 9.53 Å². The van der Waals surface area contributed by atoms with Crippen molar-refractivity contribution in [1.29, 1.82) is 0 Å². The summed E-state index contributed by atoms with van der Waals surface area (Å²) in [5, 5.41) is 1.99. The van der Waals surface area contributed by atoms with E-state index in [-0.39, 0.29) is 5.97 Å². The number of hydrogen-bond acceptors (Lipinski definition) is 4. The number of nitrogens with zero attached hydrogens (tertiary/aromatic N) is 1. The van der Waals surface area contributed by atoms with Crippen LogP contribution in [-0.4, -0.2) is 22.5 Å². The van der Waals surface area contributed by atoms with Crippen LogP contribution in [0.2, 0.25) is 0 Å². The zero-order valence-electron chi connectivity index (χ0n) is 10.1. The summed E-state index contributed by atoms with van der Waals surface area (Å²) in [7, 11) is 0. The first-order chi connectivity index (χ1) is 8.69. The number of benzene rings is 1. The van der Waals surface area contributed by atoms with Gasteiger partial charge in [-0.2, -0.15) is 0 Å². The number of H-pyrrole nitrogens is 1. The first kappa shape index (κ1) is 11.2. The summed E-state index contributed by atoms with van der Waals surface area (Å²) in [4.78, 5) is 20.5. The van der Waals surface area contributed by atoms with Gasteiger partial charge in [0.15, 0.2) is 0 Å². The number of carbonyl (C=O) groups excluding carboxylic acids is 1. The number of esters is 1. The van der Waals surface area contributed by atoms with Gasteiger partial charge in [0.05, 0.1) is 17.2 Å². The number of fused-ring (bicyclic) bond motifs is 3. The minimum absolute atomic E-state index is 0.291. The van der Waals surface area contributed by atoms with Crippen molar-refractivity contribution in [3.63, 3.8) is 0 Å². The summed E-state index contributed by atoms with van der Waals surface area (Å²) in [6.07, 6.45) is 0. The molecule has 3 rings (SSSR count). The molecule has 0 bridgehead atoms. The molecule has 1 aromatic carbocycles. The highest BCUT2D eigenvalue weighted by molar-refractivity contribution is 7.18. The summed E-state index contributed by atoms with van der Waals surface area (Å²) in [5.74, 6) is -0.291. The summed E-state index contributed by atoms with van der Waals surface area (Å²) >= 11 is 1.62. The average Bonchev–Trinajstić information content (AvgIpc) is 2.84. The maximum absolute atomic E-state index is 11.7. The predicted molar refractivity (Wildman–Crippen MR) is 72.2 cm³/mol. The van der Waals surface area contributed by atoms with Crippen LogP contribution in [0, 0.1) is 6.92 Å².